The van der Waals surface area contributed by atoms with Crippen LogP contribution in [0.2, 0.25) is 0 Å². The number of rotatable bonds is 7. The van der Waals surface area contributed by atoms with Gasteiger partial charge in [-0.25, -0.2) is 4.79 Å². The highest BCUT2D eigenvalue weighted by atomic mass is 16.7. The molecule has 7 heteroatoms. The Balaban J connectivity index is 2.50. The zero-order valence-electron chi connectivity index (χ0n) is 14.2. The van der Waals surface area contributed by atoms with Gasteiger partial charge in [0.1, 0.15) is 5.60 Å². The first kappa shape index (κ1) is 19.3. The first-order valence-electron chi connectivity index (χ1n) is 8.24. The van der Waals surface area contributed by atoms with Crippen LogP contribution < -0.4 is 5.32 Å². The number of amides is 1. The number of esters is 2. The van der Waals surface area contributed by atoms with Crippen molar-refractivity contribution in [3.8, 4) is 0 Å². The van der Waals surface area contributed by atoms with Gasteiger partial charge in [0.05, 0.1) is 6.54 Å². The summed E-state index contributed by atoms with van der Waals surface area (Å²) < 4.78 is 15.5. The van der Waals surface area contributed by atoms with Gasteiger partial charge in [0.25, 0.3) is 0 Å². The molecule has 0 saturated heterocycles. The first-order chi connectivity index (χ1) is 10.9. The van der Waals surface area contributed by atoms with Crippen LogP contribution in [0.5, 0.6) is 0 Å². The molecule has 0 heterocycles. The fourth-order valence-corrected chi connectivity index (χ4v) is 2.63. The lowest BCUT2D eigenvalue weighted by molar-refractivity contribution is -0.169. The van der Waals surface area contributed by atoms with Crippen LogP contribution in [0.3, 0.4) is 0 Å². The molecule has 1 aliphatic rings. The highest BCUT2D eigenvalue weighted by Gasteiger charge is 2.36. The van der Waals surface area contributed by atoms with Crippen molar-refractivity contribution < 1.29 is 28.6 Å². The third-order valence-electron chi connectivity index (χ3n) is 3.80. The van der Waals surface area contributed by atoms with Crippen LogP contribution in [-0.2, 0) is 23.8 Å². The molecule has 1 saturated carbocycles. The number of nitrogens with one attached hydrogen (secondary N) is 1. The summed E-state index contributed by atoms with van der Waals surface area (Å²) in [5.74, 6) is -0.779. The predicted octanol–water partition coefficient (Wildman–Crippen LogP) is 2.67. The van der Waals surface area contributed by atoms with E-state index in [0.717, 1.165) is 32.1 Å². The predicted molar refractivity (Wildman–Crippen MR) is 82.5 cm³/mol. The molecule has 0 aromatic rings. The fourth-order valence-electron chi connectivity index (χ4n) is 2.63. The van der Waals surface area contributed by atoms with Crippen molar-refractivity contribution in [3.05, 3.63) is 0 Å². The zero-order valence-corrected chi connectivity index (χ0v) is 14.2. The lowest BCUT2D eigenvalue weighted by atomic mass is 9.84. The van der Waals surface area contributed by atoms with E-state index in [9.17, 15) is 14.4 Å². The number of alkyl carbamates (subject to hydrolysis) is 1. The average Bonchev–Trinajstić information content (AvgIpc) is 2.52. The molecule has 1 atom stereocenters. The zero-order chi connectivity index (χ0) is 17.3. The number of carbonyl (C=O) groups is 3. The highest BCUT2D eigenvalue weighted by molar-refractivity contribution is 5.70. The van der Waals surface area contributed by atoms with Crippen molar-refractivity contribution in [2.24, 2.45) is 0 Å². The fraction of sp³-hybridized carbons (Fsp3) is 0.812. The second kappa shape index (κ2) is 9.37. The Kier molecular flexibility index (Phi) is 7.85. The van der Waals surface area contributed by atoms with E-state index in [1.165, 1.54) is 6.92 Å². The maximum atomic E-state index is 11.9. The van der Waals surface area contributed by atoms with Crippen LogP contribution in [0.25, 0.3) is 0 Å². The number of carbonyl (C=O) groups excluding carboxylic acids is 3. The summed E-state index contributed by atoms with van der Waals surface area (Å²) in [6.07, 6.45) is 3.44. The minimum Gasteiger partial charge on any atom is -0.457 e. The number of hydrogen-bond donors (Lipinski definition) is 1. The van der Waals surface area contributed by atoms with Crippen LogP contribution >= 0.6 is 0 Å². The van der Waals surface area contributed by atoms with Crippen LogP contribution in [0.4, 0.5) is 4.79 Å². The molecule has 0 spiro atoms. The molecule has 0 aromatic heterocycles. The Morgan fingerprint density at radius 1 is 1.09 bits per heavy atom. The first-order valence-corrected chi connectivity index (χ1v) is 8.24. The minimum atomic E-state index is -0.904. The molecule has 1 rings (SSSR count). The summed E-state index contributed by atoms with van der Waals surface area (Å²) >= 11 is 0. The van der Waals surface area contributed by atoms with Gasteiger partial charge >= 0.3 is 18.0 Å². The average molecular weight is 329 g/mol. The van der Waals surface area contributed by atoms with Gasteiger partial charge in [0.15, 0.2) is 0 Å². The van der Waals surface area contributed by atoms with Gasteiger partial charge in [-0.2, -0.15) is 0 Å². The third kappa shape index (κ3) is 6.88. The van der Waals surface area contributed by atoms with Crippen LogP contribution in [0, 0.1) is 0 Å². The van der Waals surface area contributed by atoms with Crippen molar-refractivity contribution >= 4 is 18.0 Å². The van der Waals surface area contributed by atoms with Gasteiger partial charge in [-0.1, -0.05) is 20.3 Å². The van der Waals surface area contributed by atoms with Crippen molar-refractivity contribution in [1.82, 2.24) is 5.32 Å². The SMILES string of the molecule is CCC(=O)OC(CC)OC(=O)NCC1(OC(C)=O)CCCCC1. The molecule has 0 aliphatic heterocycles. The summed E-state index contributed by atoms with van der Waals surface area (Å²) in [5.41, 5.74) is -0.662. The van der Waals surface area contributed by atoms with Crippen molar-refractivity contribution in [3.63, 3.8) is 0 Å². The second-order valence-corrected chi connectivity index (χ2v) is 5.78. The van der Waals surface area contributed by atoms with Gasteiger partial charge < -0.3 is 19.5 Å². The summed E-state index contributed by atoms with van der Waals surface area (Å²) in [6, 6.07) is 0. The molecule has 0 radical (unpaired) electrons. The lowest BCUT2D eigenvalue weighted by Gasteiger charge is -2.36. The van der Waals surface area contributed by atoms with Gasteiger partial charge in [-0.15, -0.1) is 0 Å². The van der Waals surface area contributed by atoms with E-state index in [1.807, 2.05) is 0 Å². The Labute approximate surface area is 137 Å². The van der Waals surface area contributed by atoms with Crippen LogP contribution in [0.15, 0.2) is 0 Å². The molecule has 1 fully saturated rings. The molecule has 1 amide bonds. The van der Waals surface area contributed by atoms with Crippen LogP contribution in [-0.4, -0.2) is 36.5 Å². The standard InChI is InChI=1S/C16H27NO6/c1-4-13(19)21-14(5-2)22-15(20)17-11-16(23-12(3)18)9-7-6-8-10-16/h14H,4-11H2,1-3H3,(H,17,20). The third-order valence-corrected chi connectivity index (χ3v) is 3.80. The Bertz CT molecular complexity index is 417. The van der Waals surface area contributed by atoms with E-state index in [1.54, 1.807) is 13.8 Å². The molecule has 1 N–H and O–H groups in total. The Morgan fingerprint density at radius 2 is 1.74 bits per heavy atom. The van der Waals surface area contributed by atoms with E-state index in [0.29, 0.717) is 6.42 Å². The quantitative estimate of drug-likeness (QED) is 0.570. The maximum absolute atomic E-state index is 11.9. The molecule has 1 aliphatic carbocycles. The monoisotopic (exact) mass is 329 g/mol. The van der Waals surface area contributed by atoms with E-state index < -0.39 is 24.0 Å². The molecule has 7 nitrogen and oxygen atoms in total. The maximum Gasteiger partial charge on any atom is 0.410 e. The number of ether oxygens (including phenoxy) is 3. The largest absolute Gasteiger partial charge is 0.457 e. The van der Waals surface area contributed by atoms with Crippen LogP contribution in [0.1, 0.15) is 65.7 Å². The summed E-state index contributed by atoms with van der Waals surface area (Å²) in [6.45, 7) is 4.99. The van der Waals surface area contributed by atoms with E-state index >= 15 is 0 Å². The topological polar surface area (TPSA) is 90.9 Å². The van der Waals surface area contributed by atoms with Gasteiger partial charge in [-0.3, -0.25) is 9.59 Å². The van der Waals surface area contributed by atoms with Crippen molar-refractivity contribution in [2.75, 3.05) is 6.54 Å². The molecule has 0 aromatic carbocycles. The number of hydrogen-bond acceptors (Lipinski definition) is 6. The van der Waals surface area contributed by atoms with Crippen molar-refractivity contribution in [1.29, 1.82) is 0 Å². The van der Waals surface area contributed by atoms with E-state index in [4.69, 9.17) is 14.2 Å². The van der Waals surface area contributed by atoms with E-state index in [2.05, 4.69) is 5.32 Å². The van der Waals surface area contributed by atoms with Gasteiger partial charge in [-0.05, 0) is 25.7 Å². The molecule has 23 heavy (non-hydrogen) atoms. The Morgan fingerprint density at radius 3 is 2.26 bits per heavy atom. The lowest BCUT2D eigenvalue weighted by Crippen LogP contribution is -2.48. The van der Waals surface area contributed by atoms with Gasteiger partial charge in [0, 0.05) is 19.8 Å². The van der Waals surface area contributed by atoms with Crippen molar-refractivity contribution in [2.45, 2.75) is 77.6 Å². The molecule has 1 unspecified atom stereocenters. The summed E-state index contributed by atoms with van der Waals surface area (Å²) in [5, 5.41) is 2.62. The normalized spacial score (nSPS) is 17.7. The Hall–Kier alpha value is -1.79. The highest BCUT2D eigenvalue weighted by Crippen LogP contribution is 2.31. The molecular formula is C16H27NO6. The van der Waals surface area contributed by atoms with E-state index in [-0.39, 0.29) is 18.9 Å². The molecule has 0 bridgehead atoms. The molecular weight excluding hydrogens is 302 g/mol. The minimum absolute atomic E-state index is 0.198. The summed E-state index contributed by atoms with van der Waals surface area (Å²) in [4.78, 5) is 34.5. The van der Waals surface area contributed by atoms with Gasteiger partial charge in [0.2, 0.25) is 6.29 Å². The summed E-state index contributed by atoms with van der Waals surface area (Å²) in [7, 11) is 0. The second-order valence-electron chi connectivity index (χ2n) is 5.78. The smallest absolute Gasteiger partial charge is 0.410 e. The molecule has 132 valence electrons.